The van der Waals surface area contributed by atoms with Crippen molar-refractivity contribution in [3.63, 3.8) is 0 Å². The van der Waals surface area contributed by atoms with Crippen LogP contribution in [0.5, 0.6) is 0 Å². The molecule has 344 valence electrons. The first-order valence-electron chi connectivity index (χ1n) is 23.0. The minimum atomic E-state index is -5.02. The predicted octanol–water partition coefficient (Wildman–Crippen LogP) is 9.25. The molecule has 6 unspecified atom stereocenters. The quantitative estimate of drug-likeness (QED) is 0.0150. The number of rotatable bonds is 38. The Hall–Kier alpha value is -1.70. The third-order valence-electron chi connectivity index (χ3n) is 10.4. The van der Waals surface area contributed by atoms with E-state index < -0.39 is 63.1 Å². The number of carbonyl (C=O) groups is 1. The van der Waals surface area contributed by atoms with Gasteiger partial charge in [0.1, 0.15) is 42.7 Å². The van der Waals surface area contributed by atoms with Crippen LogP contribution in [-0.2, 0) is 27.9 Å². The molecule has 13 heteroatoms. The molecule has 1 rings (SSSR count). The Morgan fingerprint density at radius 2 is 0.949 bits per heavy atom. The topological polar surface area (TPSA) is 192 Å². The van der Waals surface area contributed by atoms with Crippen LogP contribution in [0, 0.1) is 0 Å². The first-order chi connectivity index (χ1) is 28.5. The molecule has 59 heavy (non-hydrogen) atoms. The molecule has 1 fully saturated rings. The fourth-order valence-electron chi connectivity index (χ4n) is 6.71. The van der Waals surface area contributed by atoms with Gasteiger partial charge in [-0.05, 0) is 77.0 Å². The minimum Gasteiger partial charge on any atom is -0.457 e. The number of hydrogen-bond acceptors (Lipinski definition) is 11. The molecule has 12 nitrogen and oxygen atoms in total. The molecule has 0 radical (unpaired) electrons. The number of aliphatic hydroxyl groups excluding tert-OH is 5. The summed E-state index contributed by atoms with van der Waals surface area (Å²) in [5.41, 5.74) is 0. The van der Waals surface area contributed by atoms with E-state index in [4.69, 9.17) is 18.5 Å². The van der Waals surface area contributed by atoms with Crippen molar-refractivity contribution < 1.29 is 58.3 Å². The molecule has 1 aliphatic carbocycles. The molecule has 1 saturated carbocycles. The van der Waals surface area contributed by atoms with Crippen LogP contribution in [-0.4, -0.2) is 98.9 Å². The van der Waals surface area contributed by atoms with E-state index in [2.05, 4.69) is 62.5 Å². The van der Waals surface area contributed by atoms with Crippen molar-refractivity contribution >= 4 is 13.8 Å². The summed E-state index contributed by atoms with van der Waals surface area (Å²) in [5.74, 6) is -0.493. The summed E-state index contributed by atoms with van der Waals surface area (Å²) in [5, 5.41) is 50.1. The molecule has 0 aromatic rings. The first kappa shape index (κ1) is 55.3. The SMILES string of the molecule is CCCCC/C=C\C/C=C\C/C=C\CCCCCCCCC(=O)OC(COCCCCCCCC/C=C\CCCCC)COP(=O)(O)OC1C(O)C(O)C(O)C(O)C1O. The summed E-state index contributed by atoms with van der Waals surface area (Å²) in [6.07, 6.45) is 31.7. The van der Waals surface area contributed by atoms with Crippen LogP contribution in [0.4, 0.5) is 0 Å². The maximum absolute atomic E-state index is 12.8. The van der Waals surface area contributed by atoms with Gasteiger partial charge in [-0.3, -0.25) is 13.8 Å². The van der Waals surface area contributed by atoms with Crippen molar-refractivity contribution in [2.24, 2.45) is 0 Å². The second-order valence-electron chi connectivity index (χ2n) is 15.9. The number of phosphoric acid groups is 1. The zero-order valence-corrected chi connectivity index (χ0v) is 37.4. The van der Waals surface area contributed by atoms with Gasteiger partial charge < -0.3 is 39.9 Å². The van der Waals surface area contributed by atoms with Crippen molar-refractivity contribution in [1.29, 1.82) is 0 Å². The van der Waals surface area contributed by atoms with Crippen molar-refractivity contribution in [3.05, 3.63) is 48.6 Å². The number of aliphatic hydroxyl groups is 5. The summed E-state index contributed by atoms with van der Waals surface area (Å²) in [6.45, 7) is 4.17. The van der Waals surface area contributed by atoms with Crippen molar-refractivity contribution in [3.8, 4) is 0 Å². The summed E-state index contributed by atoms with van der Waals surface area (Å²) >= 11 is 0. The Kier molecular flexibility index (Phi) is 34.6. The number of phosphoric ester groups is 1. The largest absolute Gasteiger partial charge is 0.472 e. The average molecular weight is 859 g/mol. The van der Waals surface area contributed by atoms with E-state index in [1.807, 2.05) is 0 Å². The maximum Gasteiger partial charge on any atom is 0.472 e. The second kappa shape index (κ2) is 36.9. The standard InChI is InChI=1S/C46H83O12P/c1-3-5-7-9-11-13-15-17-18-19-20-21-22-23-25-27-29-31-33-35-40(47)57-39(37-55-36-34-32-30-28-26-24-16-14-12-10-8-6-4-2)38-56-59(53,54)58-46-44(51)42(49)41(48)43(50)45(46)52/h11-14,17-18,20-21,39,41-46,48-52H,3-10,15-16,19,22-38H2,1-2H3,(H,53,54)/b13-11-,14-12-,18-17-,21-20-. The highest BCUT2D eigenvalue weighted by atomic mass is 31.2. The molecule has 0 amide bonds. The average Bonchev–Trinajstić information content (AvgIpc) is 3.22. The molecule has 6 atom stereocenters. The number of hydrogen-bond donors (Lipinski definition) is 6. The van der Waals surface area contributed by atoms with Gasteiger partial charge in [0.15, 0.2) is 0 Å². The van der Waals surface area contributed by atoms with Crippen LogP contribution in [0.15, 0.2) is 48.6 Å². The second-order valence-corrected chi connectivity index (χ2v) is 17.3. The van der Waals surface area contributed by atoms with E-state index in [0.29, 0.717) is 13.0 Å². The summed E-state index contributed by atoms with van der Waals surface area (Å²) in [6, 6.07) is 0. The molecule has 0 aliphatic heterocycles. The molecule has 0 saturated heterocycles. The van der Waals surface area contributed by atoms with Gasteiger partial charge in [-0.25, -0.2) is 4.57 Å². The molecule has 0 heterocycles. The van der Waals surface area contributed by atoms with E-state index >= 15 is 0 Å². The summed E-state index contributed by atoms with van der Waals surface area (Å²) < 4.78 is 34.1. The first-order valence-corrected chi connectivity index (χ1v) is 24.5. The van der Waals surface area contributed by atoms with Crippen LogP contribution in [0.3, 0.4) is 0 Å². The van der Waals surface area contributed by atoms with E-state index in [9.17, 15) is 39.8 Å². The lowest BCUT2D eigenvalue weighted by Gasteiger charge is -2.41. The highest BCUT2D eigenvalue weighted by Gasteiger charge is 2.51. The zero-order chi connectivity index (χ0) is 43.4. The highest BCUT2D eigenvalue weighted by molar-refractivity contribution is 7.47. The molecule has 0 spiro atoms. The monoisotopic (exact) mass is 859 g/mol. The Labute approximate surface area is 356 Å². The maximum atomic E-state index is 12.8. The molecular formula is C46H83O12P. The van der Waals surface area contributed by atoms with Crippen LogP contribution >= 0.6 is 7.82 Å². The van der Waals surface area contributed by atoms with Crippen molar-refractivity contribution in [2.45, 2.75) is 217 Å². The third-order valence-corrected chi connectivity index (χ3v) is 11.4. The minimum absolute atomic E-state index is 0.0874. The van der Waals surface area contributed by atoms with Gasteiger partial charge in [-0.1, -0.05) is 140 Å². The van der Waals surface area contributed by atoms with Crippen LogP contribution in [0.1, 0.15) is 174 Å². The molecule has 0 aromatic heterocycles. The van der Waals surface area contributed by atoms with Gasteiger partial charge in [0.2, 0.25) is 0 Å². The number of ether oxygens (including phenoxy) is 2. The fourth-order valence-corrected chi connectivity index (χ4v) is 7.68. The number of esters is 1. The van der Waals surface area contributed by atoms with Gasteiger partial charge in [-0.2, -0.15) is 0 Å². The summed E-state index contributed by atoms with van der Waals surface area (Å²) in [4.78, 5) is 23.1. The number of unbranched alkanes of at least 4 members (excludes halogenated alkanes) is 18. The van der Waals surface area contributed by atoms with E-state index in [0.717, 1.165) is 83.5 Å². The Morgan fingerprint density at radius 3 is 1.46 bits per heavy atom. The number of allylic oxidation sites excluding steroid dienone is 8. The van der Waals surface area contributed by atoms with Crippen LogP contribution in [0.25, 0.3) is 0 Å². The lowest BCUT2D eigenvalue weighted by atomic mass is 9.85. The lowest BCUT2D eigenvalue weighted by Crippen LogP contribution is -2.64. The van der Waals surface area contributed by atoms with Gasteiger partial charge in [0, 0.05) is 13.0 Å². The Bertz CT molecular complexity index is 1160. The van der Waals surface area contributed by atoms with Gasteiger partial charge in [0.05, 0.1) is 13.2 Å². The normalized spacial score (nSPS) is 22.9. The van der Waals surface area contributed by atoms with E-state index in [1.54, 1.807) is 0 Å². The molecule has 6 N–H and O–H groups in total. The van der Waals surface area contributed by atoms with Gasteiger partial charge in [0.25, 0.3) is 0 Å². The van der Waals surface area contributed by atoms with E-state index in [1.165, 1.54) is 64.2 Å². The predicted molar refractivity (Wildman–Crippen MR) is 235 cm³/mol. The highest BCUT2D eigenvalue weighted by Crippen LogP contribution is 2.47. The Morgan fingerprint density at radius 1 is 0.542 bits per heavy atom. The smallest absolute Gasteiger partial charge is 0.457 e. The fraction of sp³-hybridized carbons (Fsp3) is 0.804. The number of carbonyl (C=O) groups excluding carboxylic acids is 1. The molecule has 0 aromatic carbocycles. The van der Waals surface area contributed by atoms with Crippen molar-refractivity contribution in [1.82, 2.24) is 0 Å². The van der Waals surface area contributed by atoms with Crippen LogP contribution in [0.2, 0.25) is 0 Å². The zero-order valence-electron chi connectivity index (χ0n) is 36.5. The van der Waals surface area contributed by atoms with Gasteiger partial charge in [-0.15, -0.1) is 0 Å². The molecular weight excluding hydrogens is 775 g/mol. The van der Waals surface area contributed by atoms with Gasteiger partial charge >= 0.3 is 13.8 Å². The van der Waals surface area contributed by atoms with E-state index in [-0.39, 0.29) is 13.0 Å². The Balaban J connectivity index is 2.41. The lowest BCUT2D eigenvalue weighted by molar-refractivity contribution is -0.220. The summed E-state index contributed by atoms with van der Waals surface area (Å²) in [7, 11) is -5.02. The molecule has 0 bridgehead atoms. The third kappa shape index (κ3) is 29.3. The van der Waals surface area contributed by atoms with Crippen molar-refractivity contribution in [2.75, 3.05) is 19.8 Å². The molecule has 1 aliphatic rings. The van der Waals surface area contributed by atoms with Crippen LogP contribution < -0.4 is 0 Å².